The van der Waals surface area contributed by atoms with Gasteiger partial charge < -0.3 is 0 Å². The third kappa shape index (κ3) is 4.48. The van der Waals surface area contributed by atoms with Gasteiger partial charge in [-0.1, -0.05) is 12.2 Å². The maximum Gasteiger partial charge on any atom is 0.243 e. The minimum Gasteiger partial charge on any atom is -0.273 e. The summed E-state index contributed by atoms with van der Waals surface area (Å²) in [5.74, 6) is -1.63. The van der Waals surface area contributed by atoms with Crippen LogP contribution in [0, 0.1) is 23.0 Å². The zero-order chi connectivity index (χ0) is 22.0. The molecule has 1 aliphatic heterocycles. The fourth-order valence-electron chi connectivity index (χ4n) is 3.50. The number of nitrogens with zero attached hydrogens (tertiary/aromatic N) is 6. The molecule has 1 aliphatic rings. The van der Waals surface area contributed by atoms with Crippen molar-refractivity contribution in [3.63, 3.8) is 0 Å². The molecule has 9 heteroatoms. The molecular weight excluding hydrogens is 402 g/mol. The molecule has 2 aromatic heterocycles. The van der Waals surface area contributed by atoms with E-state index in [9.17, 15) is 13.6 Å². The third-order valence-electron chi connectivity index (χ3n) is 4.96. The highest BCUT2D eigenvalue weighted by Gasteiger charge is 2.28. The van der Waals surface area contributed by atoms with E-state index in [-0.39, 0.29) is 12.3 Å². The maximum absolute atomic E-state index is 13.6. The molecular formula is C22H18F2N6O. The van der Waals surface area contributed by atoms with Crippen LogP contribution in [-0.2, 0) is 11.3 Å². The summed E-state index contributed by atoms with van der Waals surface area (Å²) in [5.41, 5.74) is 2.74. The van der Waals surface area contributed by atoms with Crippen LogP contribution in [0.4, 0.5) is 8.78 Å². The maximum atomic E-state index is 13.6. The number of allylic oxidation sites excluding steroid dienone is 1. The van der Waals surface area contributed by atoms with E-state index in [2.05, 4.69) is 21.8 Å². The summed E-state index contributed by atoms with van der Waals surface area (Å²) in [6.45, 7) is 4.41. The van der Waals surface area contributed by atoms with Gasteiger partial charge in [0.25, 0.3) is 0 Å². The Balaban J connectivity index is 1.37. The molecule has 3 aromatic rings. The normalized spacial score (nSPS) is 15.4. The molecule has 0 radical (unpaired) electrons. The highest BCUT2D eigenvalue weighted by molar-refractivity contribution is 5.80. The number of pyridine rings is 1. The fourth-order valence-corrected chi connectivity index (χ4v) is 3.50. The van der Waals surface area contributed by atoms with Gasteiger partial charge in [-0.15, -0.1) is 0 Å². The quantitative estimate of drug-likeness (QED) is 0.567. The number of rotatable bonds is 6. The van der Waals surface area contributed by atoms with Gasteiger partial charge >= 0.3 is 0 Å². The third-order valence-corrected chi connectivity index (χ3v) is 4.96. The van der Waals surface area contributed by atoms with Crippen LogP contribution in [0.2, 0.25) is 0 Å². The largest absolute Gasteiger partial charge is 0.273 e. The Morgan fingerprint density at radius 2 is 1.97 bits per heavy atom. The predicted molar refractivity (Wildman–Crippen MR) is 110 cm³/mol. The Hall–Kier alpha value is -3.93. The van der Waals surface area contributed by atoms with E-state index in [0.29, 0.717) is 41.7 Å². The van der Waals surface area contributed by atoms with E-state index in [0.717, 1.165) is 11.6 Å². The lowest BCUT2D eigenvalue weighted by Gasteiger charge is -2.22. The molecule has 1 aromatic carbocycles. The van der Waals surface area contributed by atoms with E-state index in [1.54, 1.807) is 29.2 Å². The van der Waals surface area contributed by atoms with Crippen LogP contribution in [0.15, 0.2) is 53.8 Å². The van der Waals surface area contributed by atoms with Gasteiger partial charge in [0, 0.05) is 25.1 Å². The number of benzene rings is 1. The molecule has 31 heavy (non-hydrogen) atoms. The summed E-state index contributed by atoms with van der Waals surface area (Å²) in [6, 6.07) is 8.02. The second kappa shape index (κ2) is 8.44. The molecule has 0 N–H and O–H groups in total. The number of carbonyl (C=O) groups is 1. The number of hydrogen-bond donors (Lipinski definition) is 0. The summed E-state index contributed by atoms with van der Waals surface area (Å²) in [4.78, 5) is 16.9. The van der Waals surface area contributed by atoms with Crippen LogP contribution < -0.4 is 0 Å². The first kappa shape index (κ1) is 20.3. The van der Waals surface area contributed by atoms with Gasteiger partial charge in [-0.05, 0) is 36.2 Å². The van der Waals surface area contributed by atoms with Crippen molar-refractivity contribution < 1.29 is 13.6 Å². The van der Waals surface area contributed by atoms with Gasteiger partial charge in [0.1, 0.15) is 34.4 Å². The summed E-state index contributed by atoms with van der Waals surface area (Å²) in [6.07, 6.45) is 4.25. The lowest BCUT2D eigenvalue weighted by Crippen LogP contribution is -2.27. The van der Waals surface area contributed by atoms with Crippen LogP contribution in [0.25, 0.3) is 11.0 Å². The summed E-state index contributed by atoms with van der Waals surface area (Å²) in [5, 5.41) is 18.7. The summed E-state index contributed by atoms with van der Waals surface area (Å²) >= 11 is 0. The minimum absolute atomic E-state index is 0.155. The number of aromatic nitrogens is 3. The first-order chi connectivity index (χ1) is 14.9. The highest BCUT2D eigenvalue weighted by Crippen LogP contribution is 2.30. The molecule has 0 saturated carbocycles. The average Bonchev–Trinajstić information content (AvgIpc) is 3.37. The topological polar surface area (TPSA) is 87.2 Å². The molecule has 1 unspecified atom stereocenters. The van der Waals surface area contributed by atoms with E-state index in [1.165, 1.54) is 17.1 Å². The van der Waals surface area contributed by atoms with E-state index >= 15 is 0 Å². The Kier molecular flexibility index (Phi) is 5.54. The molecule has 0 saturated heterocycles. The molecule has 1 amide bonds. The molecule has 0 bridgehead atoms. The second-order valence-electron chi connectivity index (χ2n) is 7.28. The smallest absolute Gasteiger partial charge is 0.243 e. The van der Waals surface area contributed by atoms with Crippen molar-refractivity contribution >= 4 is 23.2 Å². The van der Waals surface area contributed by atoms with Crippen LogP contribution in [-0.4, -0.2) is 31.9 Å². The van der Waals surface area contributed by atoms with Gasteiger partial charge in [0.05, 0.1) is 18.8 Å². The van der Waals surface area contributed by atoms with E-state index in [1.807, 2.05) is 6.07 Å². The van der Waals surface area contributed by atoms with Crippen molar-refractivity contribution in [2.75, 3.05) is 0 Å². The fraction of sp³-hybridized carbons (Fsp3) is 0.227. The van der Waals surface area contributed by atoms with Gasteiger partial charge in [0.15, 0.2) is 0 Å². The summed E-state index contributed by atoms with van der Waals surface area (Å²) in [7, 11) is 0. The second-order valence-corrected chi connectivity index (χ2v) is 7.28. The van der Waals surface area contributed by atoms with Crippen LogP contribution in [0.3, 0.4) is 0 Å². The average molecular weight is 420 g/mol. The first-order valence-corrected chi connectivity index (χ1v) is 9.64. The van der Waals surface area contributed by atoms with Gasteiger partial charge in [0.2, 0.25) is 5.91 Å². The first-order valence-electron chi connectivity index (χ1n) is 9.64. The Morgan fingerprint density at radius 1 is 1.19 bits per heavy atom. The SMILES string of the molecule is C=C(CCC(=O)N1N=CCC1c1cc(F)cc(F)c1)Cn1cc2nc(C#N)ccc2n1. The lowest BCUT2D eigenvalue weighted by atomic mass is 10.0. The zero-order valence-electron chi connectivity index (χ0n) is 16.5. The molecule has 0 aliphatic carbocycles. The highest BCUT2D eigenvalue weighted by atomic mass is 19.1. The zero-order valence-corrected chi connectivity index (χ0v) is 16.5. The molecule has 4 rings (SSSR count). The van der Waals surface area contributed by atoms with Crippen LogP contribution in [0.5, 0.6) is 0 Å². The number of nitriles is 1. The number of hydrazone groups is 1. The minimum atomic E-state index is -0.689. The Morgan fingerprint density at radius 3 is 2.71 bits per heavy atom. The number of fused-ring (bicyclic) bond motifs is 1. The van der Waals surface area contributed by atoms with Gasteiger partial charge in [-0.3, -0.25) is 9.48 Å². The molecule has 0 fully saturated rings. The molecule has 156 valence electrons. The predicted octanol–water partition coefficient (Wildman–Crippen LogP) is 3.88. The van der Waals surface area contributed by atoms with Gasteiger partial charge in [-0.2, -0.15) is 15.5 Å². The van der Waals surface area contributed by atoms with Crippen molar-refractivity contribution in [3.8, 4) is 6.07 Å². The molecule has 3 heterocycles. The number of halogens is 2. The van der Waals surface area contributed by atoms with E-state index < -0.39 is 17.7 Å². The number of amides is 1. The van der Waals surface area contributed by atoms with Crippen molar-refractivity contribution in [2.24, 2.45) is 5.10 Å². The Labute approximate surface area is 176 Å². The molecule has 7 nitrogen and oxygen atoms in total. The van der Waals surface area contributed by atoms with E-state index in [4.69, 9.17) is 5.26 Å². The standard InChI is InChI=1S/C22H18F2N6O/c1-14(12-29-13-20-19(28-29)4-3-18(11-25)27-20)2-5-22(31)30-21(6-7-26-30)15-8-16(23)10-17(24)9-15/h3-4,7-10,13,21H,1-2,5-6,12H2. The van der Waals surface area contributed by atoms with Crippen molar-refractivity contribution in [1.82, 2.24) is 19.8 Å². The van der Waals surface area contributed by atoms with Gasteiger partial charge in [-0.25, -0.2) is 18.8 Å². The number of carbonyl (C=O) groups excluding carboxylic acids is 1. The van der Waals surface area contributed by atoms with Crippen molar-refractivity contribution in [2.45, 2.75) is 31.8 Å². The monoisotopic (exact) mass is 420 g/mol. The molecule has 0 spiro atoms. The van der Waals surface area contributed by atoms with Crippen molar-refractivity contribution in [1.29, 1.82) is 5.26 Å². The van der Waals surface area contributed by atoms with Crippen LogP contribution in [0.1, 0.15) is 36.6 Å². The molecule has 1 atom stereocenters. The lowest BCUT2D eigenvalue weighted by molar-refractivity contribution is -0.133. The van der Waals surface area contributed by atoms with Crippen LogP contribution >= 0.6 is 0 Å². The summed E-state index contributed by atoms with van der Waals surface area (Å²) < 4.78 is 28.8. The Bertz CT molecular complexity index is 1220. The number of hydrogen-bond acceptors (Lipinski definition) is 5. The van der Waals surface area contributed by atoms with Crippen molar-refractivity contribution in [3.05, 3.63) is 71.6 Å².